The smallest absolute Gasteiger partial charge is 0.267 e. The summed E-state index contributed by atoms with van der Waals surface area (Å²) >= 11 is 2.75. The Labute approximate surface area is 191 Å². The third-order valence-electron chi connectivity index (χ3n) is 5.83. The maximum absolute atomic E-state index is 12.7. The second-order valence-corrected chi connectivity index (χ2v) is 10.4. The molecule has 2 unspecified atom stereocenters. The number of carbonyl (C=O) groups is 2. The molecule has 7 nitrogen and oxygen atoms in total. The maximum atomic E-state index is 12.7. The molecule has 0 aromatic carbocycles. The molecule has 31 heavy (non-hydrogen) atoms. The van der Waals surface area contributed by atoms with Gasteiger partial charge in [-0.05, 0) is 44.1 Å². The van der Waals surface area contributed by atoms with Crippen molar-refractivity contribution in [3.05, 3.63) is 33.5 Å². The van der Waals surface area contributed by atoms with Gasteiger partial charge in [0.1, 0.15) is 0 Å². The van der Waals surface area contributed by atoms with Crippen LogP contribution in [0.3, 0.4) is 0 Å². The van der Waals surface area contributed by atoms with Gasteiger partial charge in [-0.3, -0.25) is 19.8 Å². The third-order valence-corrected chi connectivity index (χ3v) is 7.50. The van der Waals surface area contributed by atoms with Crippen LogP contribution in [0.4, 0.5) is 5.13 Å². The van der Waals surface area contributed by atoms with Crippen LogP contribution in [0.25, 0.3) is 0 Å². The minimum Gasteiger partial charge on any atom is -0.373 e. The molecular formula is C22H30N4O3S2. The Hall–Kier alpha value is -1.81. The lowest BCUT2D eigenvalue weighted by molar-refractivity contribution is -0.132. The molecule has 2 aromatic rings. The van der Waals surface area contributed by atoms with Crippen molar-refractivity contribution in [2.24, 2.45) is 5.92 Å². The number of rotatable bonds is 6. The number of nitrogens with zero attached hydrogens (tertiary/aromatic N) is 3. The fourth-order valence-corrected chi connectivity index (χ4v) is 5.77. The van der Waals surface area contributed by atoms with Crippen LogP contribution in [0, 0.1) is 5.92 Å². The predicted molar refractivity (Wildman–Crippen MR) is 124 cm³/mol. The number of hydrogen-bond acceptors (Lipinski definition) is 7. The summed E-state index contributed by atoms with van der Waals surface area (Å²) in [4.78, 5) is 34.4. The zero-order chi connectivity index (χ0) is 21.8. The van der Waals surface area contributed by atoms with E-state index in [1.54, 1.807) is 6.07 Å². The van der Waals surface area contributed by atoms with Crippen molar-refractivity contribution in [3.8, 4) is 0 Å². The van der Waals surface area contributed by atoms with Crippen LogP contribution in [-0.2, 0) is 16.0 Å². The average Bonchev–Trinajstić information content (AvgIpc) is 3.40. The number of thiophene rings is 1. The number of piperidine rings is 1. The first-order valence-corrected chi connectivity index (χ1v) is 12.7. The Bertz CT molecular complexity index is 867. The molecule has 1 N–H and O–H groups in total. The minimum atomic E-state index is -0.159. The van der Waals surface area contributed by atoms with Gasteiger partial charge in [-0.15, -0.1) is 22.7 Å². The molecule has 9 heteroatoms. The van der Waals surface area contributed by atoms with Crippen molar-refractivity contribution in [2.75, 3.05) is 38.0 Å². The molecule has 2 saturated heterocycles. The molecule has 2 aromatic heterocycles. The summed E-state index contributed by atoms with van der Waals surface area (Å²) in [5.74, 6) is 0.599. The quantitative estimate of drug-likeness (QED) is 0.713. The number of carbonyl (C=O) groups excluding carboxylic acids is 2. The lowest BCUT2D eigenvalue weighted by Crippen LogP contribution is -2.48. The number of morpholine rings is 1. The Morgan fingerprint density at radius 3 is 2.61 bits per heavy atom. The van der Waals surface area contributed by atoms with Gasteiger partial charge < -0.3 is 9.64 Å². The molecule has 2 fully saturated rings. The first-order chi connectivity index (χ1) is 15.0. The summed E-state index contributed by atoms with van der Waals surface area (Å²) in [6, 6.07) is 3.62. The van der Waals surface area contributed by atoms with Crippen molar-refractivity contribution in [1.29, 1.82) is 0 Å². The molecule has 2 aliphatic heterocycles. The van der Waals surface area contributed by atoms with Crippen molar-refractivity contribution in [1.82, 2.24) is 14.8 Å². The SMILES string of the molecule is CC1CN(CC2CCN(C(=O)Cc3csc(NC(=O)c4cccs4)n3)CC2)CC(C)O1. The van der Waals surface area contributed by atoms with Gasteiger partial charge in [-0.2, -0.15) is 0 Å². The third kappa shape index (κ3) is 6.12. The highest BCUT2D eigenvalue weighted by atomic mass is 32.1. The fourth-order valence-electron chi connectivity index (χ4n) is 4.44. The standard InChI is InChI=1S/C22H30N4O3S2/c1-15-11-25(12-16(2)29-15)13-17-5-7-26(8-6-17)20(27)10-18-14-31-22(23-18)24-21(28)19-4-3-9-30-19/h3-4,9,14-17H,5-8,10-13H2,1-2H3,(H,23,24,28). The average molecular weight is 463 g/mol. The lowest BCUT2D eigenvalue weighted by Gasteiger charge is -2.39. The van der Waals surface area contributed by atoms with E-state index >= 15 is 0 Å². The summed E-state index contributed by atoms with van der Waals surface area (Å²) in [5.41, 5.74) is 0.717. The van der Waals surface area contributed by atoms with E-state index in [0.29, 0.717) is 28.1 Å². The number of aromatic nitrogens is 1. The summed E-state index contributed by atoms with van der Waals surface area (Å²) < 4.78 is 5.83. The van der Waals surface area contributed by atoms with E-state index in [-0.39, 0.29) is 18.2 Å². The normalized spacial score (nSPS) is 23.1. The zero-order valence-electron chi connectivity index (χ0n) is 18.1. The van der Waals surface area contributed by atoms with Gasteiger partial charge >= 0.3 is 0 Å². The second kappa shape index (κ2) is 10.2. The number of ether oxygens (including phenoxy) is 1. The van der Waals surface area contributed by atoms with E-state index in [9.17, 15) is 9.59 Å². The molecule has 2 atom stereocenters. The molecule has 0 aliphatic carbocycles. The van der Waals surface area contributed by atoms with Gasteiger partial charge in [0.15, 0.2) is 5.13 Å². The topological polar surface area (TPSA) is 74.8 Å². The number of nitrogens with one attached hydrogen (secondary N) is 1. The number of hydrogen-bond donors (Lipinski definition) is 1. The molecule has 168 valence electrons. The van der Waals surface area contributed by atoms with Crippen LogP contribution in [0.1, 0.15) is 42.1 Å². The Morgan fingerprint density at radius 2 is 1.94 bits per heavy atom. The number of likely N-dealkylation sites (tertiary alicyclic amines) is 1. The number of amides is 2. The highest BCUT2D eigenvalue weighted by molar-refractivity contribution is 7.14. The van der Waals surface area contributed by atoms with Crippen LogP contribution >= 0.6 is 22.7 Å². The lowest BCUT2D eigenvalue weighted by atomic mass is 9.95. The molecule has 0 spiro atoms. The van der Waals surface area contributed by atoms with Gasteiger partial charge in [-0.25, -0.2) is 4.98 Å². The highest BCUT2D eigenvalue weighted by Crippen LogP contribution is 2.23. The molecule has 0 bridgehead atoms. The number of thiazole rings is 1. The van der Waals surface area contributed by atoms with Crippen LogP contribution in [0.2, 0.25) is 0 Å². The summed E-state index contributed by atoms with van der Waals surface area (Å²) in [5, 5.41) is 7.07. The molecular weight excluding hydrogens is 432 g/mol. The maximum Gasteiger partial charge on any atom is 0.267 e. The monoisotopic (exact) mass is 462 g/mol. The Balaban J connectivity index is 1.21. The molecule has 4 heterocycles. The van der Waals surface area contributed by atoms with E-state index in [1.165, 1.54) is 22.7 Å². The van der Waals surface area contributed by atoms with Crippen LogP contribution in [0.5, 0.6) is 0 Å². The Kier molecular flexibility index (Phi) is 7.37. The summed E-state index contributed by atoms with van der Waals surface area (Å²) in [6.45, 7) is 9.00. The molecule has 0 saturated carbocycles. The van der Waals surface area contributed by atoms with Crippen molar-refractivity contribution >= 4 is 39.6 Å². The van der Waals surface area contributed by atoms with Crippen molar-refractivity contribution in [2.45, 2.75) is 45.3 Å². The number of anilines is 1. The van der Waals surface area contributed by atoms with E-state index in [1.807, 2.05) is 21.7 Å². The zero-order valence-corrected chi connectivity index (χ0v) is 19.7. The first kappa shape index (κ1) is 22.4. The van der Waals surface area contributed by atoms with Crippen LogP contribution in [-0.4, -0.2) is 71.5 Å². The van der Waals surface area contributed by atoms with E-state index in [4.69, 9.17) is 4.74 Å². The van der Waals surface area contributed by atoms with Crippen LogP contribution < -0.4 is 5.32 Å². The van der Waals surface area contributed by atoms with E-state index in [2.05, 4.69) is 29.0 Å². The minimum absolute atomic E-state index is 0.119. The van der Waals surface area contributed by atoms with Gasteiger partial charge in [0.2, 0.25) is 5.91 Å². The molecule has 2 aliphatic rings. The fraction of sp³-hybridized carbons (Fsp3) is 0.591. The Morgan fingerprint density at radius 1 is 1.19 bits per heavy atom. The molecule has 4 rings (SSSR count). The molecule has 0 radical (unpaired) electrons. The van der Waals surface area contributed by atoms with Crippen LogP contribution in [0.15, 0.2) is 22.9 Å². The van der Waals surface area contributed by atoms with E-state index < -0.39 is 0 Å². The van der Waals surface area contributed by atoms with Gasteiger partial charge in [-0.1, -0.05) is 6.07 Å². The summed E-state index contributed by atoms with van der Waals surface area (Å²) in [6.07, 6.45) is 2.97. The first-order valence-electron chi connectivity index (χ1n) is 10.9. The van der Waals surface area contributed by atoms with Gasteiger partial charge in [0, 0.05) is 38.1 Å². The van der Waals surface area contributed by atoms with Gasteiger partial charge in [0.05, 0.1) is 29.2 Å². The summed E-state index contributed by atoms with van der Waals surface area (Å²) in [7, 11) is 0. The van der Waals surface area contributed by atoms with E-state index in [0.717, 1.165) is 51.3 Å². The highest BCUT2D eigenvalue weighted by Gasteiger charge is 2.28. The predicted octanol–water partition coefficient (Wildman–Crippen LogP) is 3.35. The molecule has 2 amide bonds. The largest absolute Gasteiger partial charge is 0.373 e. The van der Waals surface area contributed by atoms with Crippen molar-refractivity contribution in [3.63, 3.8) is 0 Å². The second-order valence-electron chi connectivity index (χ2n) is 8.55. The van der Waals surface area contributed by atoms with Gasteiger partial charge in [0.25, 0.3) is 5.91 Å². The van der Waals surface area contributed by atoms with Crippen molar-refractivity contribution < 1.29 is 14.3 Å².